The summed E-state index contributed by atoms with van der Waals surface area (Å²) < 4.78 is 0. The van der Waals surface area contributed by atoms with E-state index in [0.717, 1.165) is 5.56 Å². The minimum Gasteiger partial charge on any atom is -0.319 e. The SMILES string of the molecule is CCC(=O)C(=O)Nc1ccc(C2=NC(N)N(NC)N2C=S)cc1. The van der Waals surface area contributed by atoms with E-state index in [1.165, 1.54) is 5.49 Å². The molecule has 8 nitrogen and oxygen atoms in total. The standard InChI is InChI=1S/C14H18N6O2S/c1-3-11(21)13(22)17-10-6-4-9(5-7-10)12-18-14(15)20(16-2)19(12)8-23/h4-8,14,16H,3,15H2,1-2H3,(H,17,22). The first-order chi connectivity index (χ1) is 11.0. The summed E-state index contributed by atoms with van der Waals surface area (Å²) in [6.07, 6.45) is -0.419. The topological polar surface area (TPSA) is 103 Å². The fraction of sp³-hybridized carbons (Fsp3) is 0.286. The lowest BCUT2D eigenvalue weighted by molar-refractivity contribution is -0.134. The molecule has 1 aliphatic heterocycles. The van der Waals surface area contributed by atoms with Gasteiger partial charge in [-0.25, -0.2) is 15.4 Å². The van der Waals surface area contributed by atoms with E-state index in [1.807, 2.05) is 0 Å². The minimum atomic E-state index is -0.623. The molecule has 1 heterocycles. The number of nitrogens with two attached hydrogens (primary N) is 1. The summed E-state index contributed by atoms with van der Waals surface area (Å²) in [7, 11) is 1.72. The van der Waals surface area contributed by atoms with Gasteiger partial charge in [0.1, 0.15) is 0 Å². The van der Waals surface area contributed by atoms with Crippen molar-refractivity contribution in [2.45, 2.75) is 19.6 Å². The first-order valence-corrected chi connectivity index (χ1v) is 7.48. The molecule has 122 valence electrons. The van der Waals surface area contributed by atoms with E-state index in [9.17, 15) is 9.59 Å². The van der Waals surface area contributed by atoms with Gasteiger partial charge in [0.05, 0.1) is 5.49 Å². The van der Waals surface area contributed by atoms with Crippen molar-refractivity contribution in [3.8, 4) is 0 Å². The Morgan fingerprint density at radius 3 is 2.57 bits per heavy atom. The number of benzene rings is 1. The summed E-state index contributed by atoms with van der Waals surface area (Å²) in [4.78, 5) is 27.2. The number of nitrogens with zero attached hydrogens (tertiary/aromatic N) is 3. The molecular weight excluding hydrogens is 316 g/mol. The molecule has 0 bridgehead atoms. The molecule has 4 N–H and O–H groups in total. The highest BCUT2D eigenvalue weighted by atomic mass is 32.1. The number of hydrogen-bond donors (Lipinski definition) is 3. The van der Waals surface area contributed by atoms with Crippen LogP contribution in [0.3, 0.4) is 0 Å². The maximum absolute atomic E-state index is 11.6. The second kappa shape index (κ2) is 7.38. The van der Waals surface area contributed by atoms with Gasteiger partial charge < -0.3 is 5.32 Å². The van der Waals surface area contributed by atoms with Crippen molar-refractivity contribution in [1.82, 2.24) is 15.6 Å². The van der Waals surface area contributed by atoms with Crippen LogP contribution in [-0.2, 0) is 9.59 Å². The highest BCUT2D eigenvalue weighted by Gasteiger charge is 2.30. The molecule has 1 unspecified atom stereocenters. The average Bonchev–Trinajstić information content (AvgIpc) is 2.90. The van der Waals surface area contributed by atoms with Gasteiger partial charge in [0, 0.05) is 24.7 Å². The van der Waals surface area contributed by atoms with Gasteiger partial charge in [-0.05, 0) is 24.3 Å². The summed E-state index contributed by atoms with van der Waals surface area (Å²) in [5, 5.41) is 5.75. The number of anilines is 1. The third-order valence-electron chi connectivity index (χ3n) is 3.26. The van der Waals surface area contributed by atoms with Crippen LogP contribution in [0.4, 0.5) is 5.69 Å². The van der Waals surface area contributed by atoms with E-state index in [1.54, 1.807) is 48.4 Å². The fourth-order valence-electron chi connectivity index (χ4n) is 2.08. The lowest BCUT2D eigenvalue weighted by Gasteiger charge is -2.27. The molecule has 2 rings (SSSR count). The number of carbonyl (C=O) groups is 2. The monoisotopic (exact) mass is 334 g/mol. The number of hydrogen-bond acceptors (Lipinski definition) is 7. The van der Waals surface area contributed by atoms with Gasteiger partial charge in [-0.1, -0.05) is 19.1 Å². The fourth-order valence-corrected chi connectivity index (χ4v) is 2.28. The predicted octanol–water partition coefficient (Wildman–Crippen LogP) is 0.217. The highest BCUT2D eigenvalue weighted by molar-refractivity contribution is 7.78. The Labute approximate surface area is 139 Å². The Morgan fingerprint density at radius 2 is 2.04 bits per heavy atom. The minimum absolute atomic E-state index is 0.169. The van der Waals surface area contributed by atoms with Gasteiger partial charge in [-0.15, -0.1) is 5.12 Å². The number of nitrogens with one attached hydrogen (secondary N) is 2. The number of Topliss-reactive ketones (excluding diaryl/α,β-unsaturated/α-hetero) is 1. The molecule has 0 aliphatic carbocycles. The van der Waals surface area contributed by atoms with Crippen LogP contribution in [0.5, 0.6) is 0 Å². The molecule has 1 amide bonds. The van der Waals surface area contributed by atoms with E-state index < -0.39 is 18.0 Å². The van der Waals surface area contributed by atoms with E-state index in [0.29, 0.717) is 11.5 Å². The Kier molecular flexibility index (Phi) is 5.50. The van der Waals surface area contributed by atoms with Crippen molar-refractivity contribution in [2.75, 3.05) is 12.4 Å². The predicted molar refractivity (Wildman–Crippen MR) is 91.3 cm³/mol. The number of carbonyl (C=O) groups excluding carboxylic acids is 2. The molecule has 23 heavy (non-hydrogen) atoms. The summed E-state index contributed by atoms with van der Waals surface area (Å²) >= 11 is 5.00. The van der Waals surface area contributed by atoms with Crippen LogP contribution in [0.15, 0.2) is 29.3 Å². The highest BCUT2D eigenvalue weighted by Crippen LogP contribution is 2.17. The first-order valence-electron chi connectivity index (χ1n) is 7.00. The number of thiocarbonyl (C=S) groups is 1. The van der Waals surface area contributed by atoms with E-state index in [-0.39, 0.29) is 6.42 Å². The second-order valence-electron chi connectivity index (χ2n) is 4.69. The summed E-state index contributed by atoms with van der Waals surface area (Å²) in [5.74, 6) is -0.497. The van der Waals surface area contributed by atoms with Gasteiger partial charge in [0.15, 0.2) is 12.1 Å². The number of amidine groups is 1. The van der Waals surface area contributed by atoms with Crippen LogP contribution in [-0.4, -0.2) is 46.5 Å². The maximum atomic E-state index is 11.6. The summed E-state index contributed by atoms with van der Waals surface area (Å²) in [6.45, 7) is 1.64. The molecule has 0 saturated heterocycles. The molecule has 1 aliphatic rings. The Hall–Kier alpha value is -2.20. The van der Waals surface area contributed by atoms with Crippen molar-refractivity contribution >= 4 is 40.9 Å². The smallest absolute Gasteiger partial charge is 0.291 e. The van der Waals surface area contributed by atoms with Gasteiger partial charge >= 0.3 is 0 Å². The zero-order valence-corrected chi connectivity index (χ0v) is 13.6. The van der Waals surface area contributed by atoms with Crippen LogP contribution >= 0.6 is 12.2 Å². The largest absolute Gasteiger partial charge is 0.319 e. The van der Waals surface area contributed by atoms with Gasteiger partial charge in [0.2, 0.25) is 5.78 Å². The van der Waals surface area contributed by atoms with Crippen molar-refractivity contribution < 1.29 is 9.59 Å². The maximum Gasteiger partial charge on any atom is 0.291 e. The Morgan fingerprint density at radius 1 is 1.39 bits per heavy atom. The molecular formula is C14H18N6O2S. The Bertz CT molecular complexity index is 645. The third kappa shape index (κ3) is 3.59. The number of hydrazine groups is 2. The molecule has 0 spiro atoms. The molecule has 0 radical (unpaired) electrons. The number of aliphatic imine (C=N–C) groups is 1. The molecule has 0 saturated carbocycles. The zero-order valence-electron chi connectivity index (χ0n) is 12.8. The lowest BCUT2D eigenvalue weighted by atomic mass is 10.2. The third-order valence-corrected chi connectivity index (χ3v) is 3.46. The van der Waals surface area contributed by atoms with Crippen molar-refractivity contribution in [3.05, 3.63) is 29.8 Å². The molecule has 0 aromatic heterocycles. The normalized spacial score (nSPS) is 17.8. The van der Waals surface area contributed by atoms with Gasteiger partial charge in [0.25, 0.3) is 5.91 Å². The summed E-state index contributed by atoms with van der Waals surface area (Å²) in [5.41, 5.74) is 11.5. The van der Waals surface area contributed by atoms with E-state index >= 15 is 0 Å². The number of rotatable bonds is 6. The molecule has 1 aromatic rings. The van der Waals surface area contributed by atoms with Crippen molar-refractivity contribution in [1.29, 1.82) is 0 Å². The van der Waals surface area contributed by atoms with Crippen molar-refractivity contribution in [3.63, 3.8) is 0 Å². The first kappa shape index (κ1) is 17.2. The van der Waals surface area contributed by atoms with E-state index in [2.05, 4.69) is 15.7 Å². The molecule has 1 atom stereocenters. The van der Waals surface area contributed by atoms with Crippen LogP contribution in [0.1, 0.15) is 18.9 Å². The zero-order chi connectivity index (χ0) is 17.0. The molecule has 1 aromatic carbocycles. The van der Waals surface area contributed by atoms with Crippen molar-refractivity contribution in [2.24, 2.45) is 10.7 Å². The average molecular weight is 334 g/mol. The van der Waals surface area contributed by atoms with Gasteiger partial charge in [-0.3, -0.25) is 15.3 Å². The second-order valence-corrected chi connectivity index (χ2v) is 4.90. The van der Waals surface area contributed by atoms with E-state index in [4.69, 9.17) is 18.0 Å². The molecule has 9 heteroatoms. The molecule has 0 fully saturated rings. The quantitative estimate of drug-likeness (QED) is 0.505. The van der Waals surface area contributed by atoms with Crippen LogP contribution < -0.4 is 16.5 Å². The number of ketones is 1. The van der Waals surface area contributed by atoms with Crippen LogP contribution in [0.2, 0.25) is 0 Å². The van der Waals surface area contributed by atoms with Crippen LogP contribution in [0.25, 0.3) is 0 Å². The van der Waals surface area contributed by atoms with Crippen LogP contribution in [0, 0.1) is 0 Å². The van der Waals surface area contributed by atoms with Gasteiger partial charge in [-0.2, -0.15) is 0 Å². The Balaban J connectivity index is 2.16. The number of amides is 1. The summed E-state index contributed by atoms with van der Waals surface area (Å²) in [6, 6.07) is 6.91. The lowest BCUT2D eigenvalue weighted by Crippen LogP contribution is -2.53.